The van der Waals surface area contributed by atoms with E-state index in [1.807, 2.05) is 36.4 Å². The van der Waals surface area contributed by atoms with E-state index in [0.29, 0.717) is 6.61 Å². The lowest BCUT2D eigenvalue weighted by atomic mass is 10.1. The van der Waals surface area contributed by atoms with Crippen LogP contribution in [0.5, 0.6) is 5.75 Å². The molecule has 1 saturated heterocycles. The summed E-state index contributed by atoms with van der Waals surface area (Å²) in [6.07, 6.45) is 5.59. The number of rotatable bonds is 7. The van der Waals surface area contributed by atoms with E-state index in [0.717, 1.165) is 50.5 Å². The number of nitrogens with zero attached hydrogens (tertiary/aromatic N) is 3. The van der Waals surface area contributed by atoms with Crippen LogP contribution in [-0.4, -0.2) is 53.8 Å². The fourth-order valence-electron chi connectivity index (χ4n) is 2.74. The smallest absolute Gasteiger partial charge is 0.119 e. The van der Waals surface area contributed by atoms with E-state index in [1.54, 1.807) is 12.5 Å². The molecular weight excluding hydrogens is 290 g/mol. The molecule has 0 unspecified atom stereocenters. The van der Waals surface area contributed by atoms with E-state index >= 15 is 0 Å². The highest BCUT2D eigenvalue weighted by molar-refractivity contribution is 5.20. The zero-order valence-electron chi connectivity index (χ0n) is 13.3. The first-order valence-corrected chi connectivity index (χ1v) is 8.17. The number of hydrogen-bond donors (Lipinski definition) is 0. The molecule has 1 atom stereocenters. The average molecular weight is 313 g/mol. The van der Waals surface area contributed by atoms with E-state index in [9.17, 15) is 0 Å². The van der Waals surface area contributed by atoms with Crippen molar-refractivity contribution in [1.82, 2.24) is 14.9 Å². The summed E-state index contributed by atoms with van der Waals surface area (Å²) < 4.78 is 11.6. The second-order valence-corrected chi connectivity index (χ2v) is 5.69. The Morgan fingerprint density at radius 1 is 1.22 bits per heavy atom. The Kier molecular flexibility index (Phi) is 5.94. The molecule has 23 heavy (non-hydrogen) atoms. The van der Waals surface area contributed by atoms with Crippen LogP contribution in [0.2, 0.25) is 0 Å². The second kappa shape index (κ2) is 8.60. The molecule has 0 bridgehead atoms. The fourth-order valence-corrected chi connectivity index (χ4v) is 2.74. The van der Waals surface area contributed by atoms with Gasteiger partial charge < -0.3 is 9.47 Å². The van der Waals surface area contributed by atoms with Gasteiger partial charge in [0, 0.05) is 31.5 Å². The molecule has 1 aromatic carbocycles. The quantitative estimate of drug-likeness (QED) is 0.784. The van der Waals surface area contributed by atoms with E-state index in [4.69, 9.17) is 9.47 Å². The number of aromatic nitrogens is 2. The summed E-state index contributed by atoms with van der Waals surface area (Å²) in [6.45, 7) is 4.37. The molecule has 1 fully saturated rings. The van der Waals surface area contributed by atoms with Gasteiger partial charge in [-0.15, -0.1) is 0 Å². The minimum atomic E-state index is 0.274. The summed E-state index contributed by atoms with van der Waals surface area (Å²) in [5.41, 5.74) is 1.08. The van der Waals surface area contributed by atoms with Gasteiger partial charge in [0.25, 0.3) is 0 Å². The van der Waals surface area contributed by atoms with Crippen molar-refractivity contribution >= 4 is 0 Å². The van der Waals surface area contributed by atoms with Crippen LogP contribution < -0.4 is 4.74 Å². The normalized spacial score (nSPS) is 18.7. The maximum absolute atomic E-state index is 5.87. The number of hydrogen-bond acceptors (Lipinski definition) is 5. The summed E-state index contributed by atoms with van der Waals surface area (Å²) in [4.78, 5) is 10.6. The van der Waals surface area contributed by atoms with E-state index in [-0.39, 0.29) is 6.10 Å². The molecule has 5 nitrogen and oxygen atoms in total. The van der Waals surface area contributed by atoms with Crippen LogP contribution in [0.4, 0.5) is 0 Å². The minimum absolute atomic E-state index is 0.274. The summed E-state index contributed by atoms with van der Waals surface area (Å²) in [5.74, 6) is 0.932. The molecule has 2 aromatic rings. The molecular formula is C18H23N3O2. The van der Waals surface area contributed by atoms with Crippen molar-refractivity contribution in [3.8, 4) is 5.75 Å². The van der Waals surface area contributed by atoms with Gasteiger partial charge in [-0.3, -0.25) is 4.90 Å². The van der Waals surface area contributed by atoms with Crippen molar-refractivity contribution in [2.24, 2.45) is 0 Å². The standard InChI is InChI=1S/C18H23N3O2/c1-2-4-17(5-3-1)22-12-10-21-11-13-23-18(14-21)7-6-16-8-9-19-15-20-16/h1-5,8-9,15,18H,6-7,10-14H2/t18-/m0/s1. The summed E-state index contributed by atoms with van der Waals surface area (Å²) >= 11 is 0. The zero-order valence-corrected chi connectivity index (χ0v) is 13.3. The lowest BCUT2D eigenvalue weighted by Gasteiger charge is -2.32. The van der Waals surface area contributed by atoms with Crippen molar-refractivity contribution in [3.05, 3.63) is 54.6 Å². The van der Waals surface area contributed by atoms with Gasteiger partial charge in [-0.05, 0) is 31.0 Å². The third kappa shape index (κ3) is 5.30. The molecule has 0 aliphatic carbocycles. The Morgan fingerprint density at radius 2 is 2.13 bits per heavy atom. The monoisotopic (exact) mass is 313 g/mol. The van der Waals surface area contributed by atoms with Gasteiger partial charge in [-0.1, -0.05) is 18.2 Å². The van der Waals surface area contributed by atoms with Crippen molar-refractivity contribution in [3.63, 3.8) is 0 Å². The van der Waals surface area contributed by atoms with Crippen LogP contribution in [0.1, 0.15) is 12.1 Å². The Balaban J connectivity index is 1.38. The van der Waals surface area contributed by atoms with Crippen molar-refractivity contribution in [1.29, 1.82) is 0 Å². The molecule has 1 aliphatic rings. The zero-order chi connectivity index (χ0) is 15.7. The predicted octanol–water partition coefficient (Wildman–Crippen LogP) is 2.19. The maximum atomic E-state index is 5.87. The van der Waals surface area contributed by atoms with Crippen LogP contribution in [0.25, 0.3) is 0 Å². The third-order valence-electron chi connectivity index (χ3n) is 4.01. The molecule has 122 valence electrons. The average Bonchev–Trinajstić information content (AvgIpc) is 2.62. The largest absolute Gasteiger partial charge is 0.492 e. The topological polar surface area (TPSA) is 47.5 Å². The van der Waals surface area contributed by atoms with E-state index < -0.39 is 0 Å². The maximum Gasteiger partial charge on any atom is 0.119 e. The first-order chi connectivity index (χ1) is 11.4. The van der Waals surface area contributed by atoms with Crippen LogP contribution in [-0.2, 0) is 11.2 Å². The van der Waals surface area contributed by atoms with Gasteiger partial charge in [0.1, 0.15) is 18.7 Å². The highest BCUT2D eigenvalue weighted by atomic mass is 16.5. The predicted molar refractivity (Wildman–Crippen MR) is 88.5 cm³/mol. The van der Waals surface area contributed by atoms with Crippen LogP contribution in [0, 0.1) is 0 Å². The molecule has 5 heteroatoms. The Labute approximate surface area is 137 Å². The van der Waals surface area contributed by atoms with Crippen molar-refractivity contribution < 1.29 is 9.47 Å². The first kappa shape index (κ1) is 15.9. The summed E-state index contributed by atoms with van der Waals surface area (Å²) in [5, 5.41) is 0. The van der Waals surface area contributed by atoms with Gasteiger partial charge >= 0.3 is 0 Å². The molecule has 0 saturated carbocycles. The molecule has 0 amide bonds. The van der Waals surface area contributed by atoms with Crippen LogP contribution in [0.3, 0.4) is 0 Å². The van der Waals surface area contributed by atoms with Gasteiger partial charge in [0.2, 0.25) is 0 Å². The fraction of sp³-hybridized carbons (Fsp3) is 0.444. The number of aryl methyl sites for hydroxylation is 1. The number of morpholine rings is 1. The summed E-state index contributed by atoms with van der Waals surface area (Å²) in [7, 11) is 0. The molecule has 2 heterocycles. The summed E-state index contributed by atoms with van der Waals surface area (Å²) in [6, 6.07) is 11.9. The molecule has 3 rings (SSSR count). The highest BCUT2D eigenvalue weighted by Crippen LogP contribution is 2.12. The molecule has 1 aromatic heterocycles. The molecule has 1 aliphatic heterocycles. The van der Waals surface area contributed by atoms with E-state index in [2.05, 4.69) is 14.9 Å². The lowest BCUT2D eigenvalue weighted by molar-refractivity contribution is -0.0346. The van der Waals surface area contributed by atoms with Gasteiger partial charge in [-0.25, -0.2) is 9.97 Å². The second-order valence-electron chi connectivity index (χ2n) is 5.69. The van der Waals surface area contributed by atoms with E-state index in [1.165, 1.54) is 0 Å². The van der Waals surface area contributed by atoms with Crippen molar-refractivity contribution in [2.75, 3.05) is 32.8 Å². The van der Waals surface area contributed by atoms with Gasteiger partial charge in [-0.2, -0.15) is 0 Å². The third-order valence-corrected chi connectivity index (χ3v) is 4.01. The lowest BCUT2D eigenvalue weighted by Crippen LogP contribution is -2.44. The Bertz CT molecular complexity index is 565. The van der Waals surface area contributed by atoms with Crippen LogP contribution >= 0.6 is 0 Å². The van der Waals surface area contributed by atoms with Crippen LogP contribution in [0.15, 0.2) is 48.9 Å². The highest BCUT2D eigenvalue weighted by Gasteiger charge is 2.20. The Hall–Kier alpha value is -1.98. The number of ether oxygens (including phenoxy) is 2. The molecule has 0 spiro atoms. The number of para-hydroxylation sites is 1. The van der Waals surface area contributed by atoms with Gasteiger partial charge in [0.15, 0.2) is 0 Å². The molecule has 0 radical (unpaired) electrons. The van der Waals surface area contributed by atoms with Crippen molar-refractivity contribution in [2.45, 2.75) is 18.9 Å². The van der Waals surface area contributed by atoms with Gasteiger partial charge in [0.05, 0.1) is 12.7 Å². The number of benzene rings is 1. The first-order valence-electron chi connectivity index (χ1n) is 8.17. The molecule has 0 N–H and O–H groups in total. The minimum Gasteiger partial charge on any atom is -0.492 e. The SMILES string of the molecule is c1ccc(OCCN2CCO[C@@H](CCc3ccncn3)C2)cc1. The Morgan fingerprint density at radius 3 is 2.96 bits per heavy atom.